The highest BCUT2D eigenvalue weighted by Crippen LogP contribution is 2.08. The van der Waals surface area contributed by atoms with E-state index in [-0.39, 0.29) is 11.4 Å². The van der Waals surface area contributed by atoms with Crippen LogP contribution in [0.25, 0.3) is 0 Å². The van der Waals surface area contributed by atoms with Gasteiger partial charge >= 0.3 is 5.97 Å². The summed E-state index contributed by atoms with van der Waals surface area (Å²) in [5.41, 5.74) is 5.99. The fraction of sp³-hybridized carbons (Fsp3) is 0.417. The number of carboxylic acid groups (broad SMARTS) is 1. The Balaban J connectivity index is 0.000000370. The lowest BCUT2D eigenvalue weighted by Crippen LogP contribution is -2.32. The van der Waals surface area contributed by atoms with Gasteiger partial charge in [-0.25, -0.2) is 0 Å². The van der Waals surface area contributed by atoms with Crippen LogP contribution in [0.2, 0.25) is 0 Å². The van der Waals surface area contributed by atoms with Gasteiger partial charge < -0.3 is 15.9 Å². The highest BCUT2D eigenvalue weighted by atomic mass is 32.2. The number of aliphatic carboxylic acids is 1. The molecule has 0 bridgehead atoms. The van der Waals surface area contributed by atoms with Gasteiger partial charge in [0.05, 0.1) is 16.9 Å². The van der Waals surface area contributed by atoms with E-state index in [4.69, 9.17) is 20.5 Å². The first kappa shape index (κ1) is 18.5. The molecule has 0 saturated heterocycles. The van der Waals surface area contributed by atoms with Crippen LogP contribution in [0.4, 0.5) is 0 Å². The number of rotatable bonds is 4. The van der Waals surface area contributed by atoms with Crippen molar-refractivity contribution in [3.8, 4) is 0 Å². The van der Waals surface area contributed by atoms with Gasteiger partial charge in [0.25, 0.3) is 10.1 Å². The van der Waals surface area contributed by atoms with Crippen LogP contribution in [0, 0.1) is 12.8 Å². The van der Waals surface area contributed by atoms with Crippen LogP contribution in [0.15, 0.2) is 29.2 Å². The first-order valence-electron chi connectivity index (χ1n) is 5.74. The first-order chi connectivity index (χ1) is 9.09. The third kappa shape index (κ3) is 6.62. The summed E-state index contributed by atoms with van der Waals surface area (Å²) in [6, 6.07) is 5.99. The fourth-order valence-corrected chi connectivity index (χ4v) is 1.69. The van der Waals surface area contributed by atoms with Crippen molar-refractivity contribution in [3.63, 3.8) is 0 Å². The summed E-state index contributed by atoms with van der Waals surface area (Å²) < 4.78 is 29.6. The van der Waals surface area contributed by atoms with Crippen molar-refractivity contribution < 1.29 is 28.0 Å². The SMILES string of the molecule is C[C@@H](O)[C@H](CN)C(=O)O.Cc1ccc(S(=O)(=O)O)cc1. The molecule has 0 unspecified atom stereocenters. The molecule has 114 valence electrons. The lowest BCUT2D eigenvalue weighted by atomic mass is 10.1. The summed E-state index contributed by atoms with van der Waals surface area (Å²) in [5.74, 6) is -1.88. The number of nitrogens with two attached hydrogens (primary N) is 1. The van der Waals surface area contributed by atoms with Crippen molar-refractivity contribution >= 4 is 16.1 Å². The Hall–Kier alpha value is -1.48. The molecule has 1 rings (SSSR count). The third-order valence-corrected chi connectivity index (χ3v) is 3.34. The van der Waals surface area contributed by atoms with Gasteiger partial charge in [0.15, 0.2) is 0 Å². The number of benzene rings is 1. The summed E-state index contributed by atoms with van der Waals surface area (Å²) >= 11 is 0. The number of aliphatic hydroxyl groups is 1. The predicted octanol–water partition coefficient (Wildman–Crippen LogP) is 0.268. The normalized spacial score (nSPS) is 13.8. The fourth-order valence-electron chi connectivity index (χ4n) is 1.21. The van der Waals surface area contributed by atoms with Crippen molar-refractivity contribution in [3.05, 3.63) is 29.8 Å². The van der Waals surface area contributed by atoms with E-state index in [1.165, 1.54) is 19.1 Å². The minimum atomic E-state index is -4.02. The van der Waals surface area contributed by atoms with Crippen LogP contribution < -0.4 is 5.73 Å². The zero-order chi connectivity index (χ0) is 15.9. The predicted molar refractivity (Wildman–Crippen MR) is 72.9 cm³/mol. The smallest absolute Gasteiger partial charge is 0.310 e. The lowest BCUT2D eigenvalue weighted by molar-refractivity contribution is -0.144. The molecule has 1 aromatic carbocycles. The summed E-state index contributed by atoms with van der Waals surface area (Å²) in [6.45, 7) is 3.23. The van der Waals surface area contributed by atoms with Gasteiger partial charge in [0.2, 0.25) is 0 Å². The van der Waals surface area contributed by atoms with Gasteiger partial charge in [0.1, 0.15) is 0 Å². The van der Waals surface area contributed by atoms with Gasteiger partial charge in [-0.15, -0.1) is 0 Å². The van der Waals surface area contributed by atoms with Gasteiger partial charge in [-0.05, 0) is 26.0 Å². The van der Waals surface area contributed by atoms with Crippen LogP contribution in [-0.2, 0) is 14.9 Å². The molecule has 7 nitrogen and oxygen atoms in total. The zero-order valence-electron chi connectivity index (χ0n) is 11.2. The molecule has 0 aliphatic carbocycles. The molecular formula is C12H19NO6S. The summed E-state index contributed by atoms with van der Waals surface area (Å²) in [7, 11) is -4.02. The van der Waals surface area contributed by atoms with Gasteiger partial charge in [-0.2, -0.15) is 8.42 Å². The highest BCUT2D eigenvalue weighted by Gasteiger charge is 2.20. The van der Waals surface area contributed by atoms with E-state index in [2.05, 4.69) is 0 Å². The molecule has 0 aliphatic heterocycles. The van der Waals surface area contributed by atoms with E-state index in [1.807, 2.05) is 6.92 Å². The standard InChI is InChI=1S/C7H8O3S.C5H11NO3/c1-6-2-4-7(5-3-6)11(8,9)10;1-3(7)4(2-6)5(8)9/h2-5H,1H3,(H,8,9,10);3-4,7H,2,6H2,1H3,(H,8,9)/t;3-,4+/m.1/s1. The monoisotopic (exact) mass is 305 g/mol. The first-order valence-corrected chi connectivity index (χ1v) is 7.18. The molecule has 0 fully saturated rings. The largest absolute Gasteiger partial charge is 0.481 e. The molecule has 20 heavy (non-hydrogen) atoms. The van der Waals surface area contributed by atoms with Crippen molar-refractivity contribution in [2.24, 2.45) is 11.7 Å². The second-order valence-corrected chi connectivity index (χ2v) is 5.63. The Labute approximate surface area is 117 Å². The van der Waals surface area contributed by atoms with Crippen LogP contribution in [0.5, 0.6) is 0 Å². The Morgan fingerprint density at radius 1 is 1.30 bits per heavy atom. The van der Waals surface area contributed by atoms with E-state index in [0.717, 1.165) is 5.56 Å². The molecule has 0 aliphatic rings. The average molecular weight is 305 g/mol. The number of hydrogen-bond acceptors (Lipinski definition) is 5. The quantitative estimate of drug-likeness (QED) is 0.586. The minimum absolute atomic E-state index is 0.0208. The topological polar surface area (TPSA) is 138 Å². The molecule has 1 aromatic rings. The molecule has 0 saturated carbocycles. The van der Waals surface area contributed by atoms with E-state index in [1.54, 1.807) is 12.1 Å². The summed E-state index contributed by atoms with van der Waals surface area (Å²) in [5, 5.41) is 17.0. The molecule has 8 heteroatoms. The van der Waals surface area contributed by atoms with Crippen LogP contribution in [0.1, 0.15) is 12.5 Å². The summed E-state index contributed by atoms with van der Waals surface area (Å²) in [4.78, 5) is 10.1. The lowest BCUT2D eigenvalue weighted by Gasteiger charge is -2.11. The number of hydrogen-bond donors (Lipinski definition) is 4. The average Bonchev–Trinajstić information content (AvgIpc) is 2.28. The third-order valence-electron chi connectivity index (χ3n) is 2.47. The maximum absolute atomic E-state index is 10.5. The van der Waals surface area contributed by atoms with Crippen molar-refractivity contribution in [1.29, 1.82) is 0 Å². The van der Waals surface area contributed by atoms with Crippen LogP contribution >= 0.6 is 0 Å². The second kappa shape index (κ2) is 7.95. The Morgan fingerprint density at radius 3 is 1.95 bits per heavy atom. The molecule has 0 heterocycles. The number of carbonyl (C=O) groups is 1. The highest BCUT2D eigenvalue weighted by molar-refractivity contribution is 7.85. The maximum Gasteiger partial charge on any atom is 0.310 e. The molecule has 0 spiro atoms. The number of aryl methyl sites for hydroxylation is 1. The number of aliphatic hydroxyl groups excluding tert-OH is 1. The Morgan fingerprint density at radius 2 is 1.75 bits per heavy atom. The molecule has 0 radical (unpaired) electrons. The van der Waals surface area contributed by atoms with Crippen LogP contribution in [0.3, 0.4) is 0 Å². The molecule has 0 amide bonds. The van der Waals surface area contributed by atoms with Gasteiger partial charge in [-0.3, -0.25) is 9.35 Å². The second-order valence-electron chi connectivity index (χ2n) is 4.21. The van der Waals surface area contributed by atoms with Gasteiger partial charge in [-0.1, -0.05) is 17.7 Å². The van der Waals surface area contributed by atoms with E-state index in [0.29, 0.717) is 0 Å². The van der Waals surface area contributed by atoms with E-state index in [9.17, 15) is 13.2 Å². The molecule has 2 atom stereocenters. The van der Waals surface area contributed by atoms with Gasteiger partial charge in [0, 0.05) is 6.54 Å². The zero-order valence-corrected chi connectivity index (χ0v) is 12.0. The van der Waals surface area contributed by atoms with Crippen molar-refractivity contribution in [2.75, 3.05) is 6.54 Å². The Kier molecular flexibility index (Phi) is 7.36. The van der Waals surface area contributed by atoms with Crippen molar-refractivity contribution in [1.82, 2.24) is 0 Å². The van der Waals surface area contributed by atoms with Crippen molar-refractivity contribution in [2.45, 2.75) is 24.8 Å². The van der Waals surface area contributed by atoms with Crippen LogP contribution in [-0.4, -0.2) is 41.8 Å². The van der Waals surface area contributed by atoms with E-state index < -0.39 is 28.1 Å². The maximum atomic E-state index is 10.5. The minimum Gasteiger partial charge on any atom is -0.481 e. The Bertz CT molecular complexity index is 523. The molecule has 5 N–H and O–H groups in total. The summed E-state index contributed by atoms with van der Waals surface area (Å²) in [6.07, 6.45) is -0.868. The van der Waals surface area contributed by atoms with E-state index >= 15 is 0 Å². The number of carboxylic acids is 1. The molecular weight excluding hydrogens is 286 g/mol. The molecule has 0 aromatic heterocycles.